The van der Waals surface area contributed by atoms with Gasteiger partial charge in [0.2, 0.25) is 0 Å². The van der Waals surface area contributed by atoms with Crippen molar-refractivity contribution in [2.24, 2.45) is 0 Å². The van der Waals surface area contributed by atoms with Crippen LogP contribution in [0.25, 0.3) is 5.69 Å². The fraction of sp³-hybridized carbons (Fsp3) is 0.400. The molecule has 3 heterocycles. The fourth-order valence-corrected chi connectivity index (χ4v) is 3.72. The number of carbonyl (C=O) groups is 1. The van der Waals surface area contributed by atoms with Crippen LogP contribution in [-0.4, -0.2) is 36.5 Å². The maximum Gasteiger partial charge on any atom is 0.345 e. The summed E-state index contributed by atoms with van der Waals surface area (Å²) in [5, 5.41) is 9.98. The number of fused-ring (bicyclic) bond motifs is 1. The molecule has 30 heavy (non-hydrogen) atoms. The minimum absolute atomic E-state index is 0.0737. The lowest BCUT2D eigenvalue weighted by Gasteiger charge is -2.13. The molecule has 0 saturated heterocycles. The van der Waals surface area contributed by atoms with Gasteiger partial charge >= 0.3 is 17.4 Å². The van der Waals surface area contributed by atoms with Crippen LogP contribution in [0.2, 0.25) is 0 Å². The molecule has 0 atom stereocenters. The number of rotatable bonds is 6. The van der Waals surface area contributed by atoms with E-state index >= 15 is 0 Å². The second-order valence-electron chi connectivity index (χ2n) is 7.35. The van der Waals surface area contributed by atoms with Gasteiger partial charge in [0.25, 0.3) is 0 Å². The molecule has 2 amide bonds. The highest BCUT2D eigenvalue weighted by molar-refractivity contribution is 5.91. The lowest BCUT2D eigenvalue weighted by atomic mass is 10.2. The van der Waals surface area contributed by atoms with Crippen molar-refractivity contribution in [1.82, 2.24) is 29.2 Å². The predicted octanol–water partition coefficient (Wildman–Crippen LogP) is 1.38. The highest BCUT2D eigenvalue weighted by Gasteiger charge is 2.16. The minimum atomic E-state index is -0.375. The molecule has 2 aromatic heterocycles. The molecule has 3 N–H and O–H groups in total. The summed E-state index contributed by atoms with van der Waals surface area (Å²) in [5.41, 5.74) is 1.51. The van der Waals surface area contributed by atoms with Gasteiger partial charge in [-0.05, 0) is 38.3 Å². The van der Waals surface area contributed by atoms with Crippen LogP contribution in [0.1, 0.15) is 30.8 Å². The number of imidazole rings is 1. The van der Waals surface area contributed by atoms with E-state index in [-0.39, 0.29) is 17.4 Å². The molecule has 0 fully saturated rings. The topological polar surface area (TPSA) is 119 Å². The zero-order chi connectivity index (χ0) is 21.1. The SMILES string of the molecule is Cc1c[nH]c(=O)n1-c1ccccc1NC(=O)NCCCn1nc2n(c1=O)CCCC2. The van der Waals surface area contributed by atoms with Crippen LogP contribution in [0.3, 0.4) is 0 Å². The van der Waals surface area contributed by atoms with Crippen molar-refractivity contribution in [2.45, 2.75) is 45.7 Å². The third kappa shape index (κ3) is 3.93. The van der Waals surface area contributed by atoms with E-state index in [2.05, 4.69) is 20.7 Å². The Kier molecular flexibility index (Phi) is 5.55. The van der Waals surface area contributed by atoms with Crippen molar-refractivity contribution in [3.8, 4) is 5.69 Å². The van der Waals surface area contributed by atoms with Crippen LogP contribution >= 0.6 is 0 Å². The predicted molar refractivity (Wildman–Crippen MR) is 112 cm³/mol. The average molecular weight is 411 g/mol. The molecule has 0 saturated carbocycles. The van der Waals surface area contributed by atoms with E-state index in [0.29, 0.717) is 30.9 Å². The Labute approximate surface area is 172 Å². The Morgan fingerprint density at radius 1 is 1.23 bits per heavy atom. The number of benzene rings is 1. The third-order valence-corrected chi connectivity index (χ3v) is 5.22. The maximum atomic E-state index is 12.3. The minimum Gasteiger partial charge on any atom is -0.338 e. The van der Waals surface area contributed by atoms with E-state index in [0.717, 1.165) is 37.3 Å². The highest BCUT2D eigenvalue weighted by atomic mass is 16.2. The highest BCUT2D eigenvalue weighted by Crippen LogP contribution is 2.19. The molecular weight excluding hydrogens is 386 g/mol. The molecule has 1 aliphatic rings. The first-order valence-electron chi connectivity index (χ1n) is 10.1. The quantitative estimate of drug-likeness (QED) is 0.531. The second-order valence-corrected chi connectivity index (χ2v) is 7.35. The smallest absolute Gasteiger partial charge is 0.338 e. The summed E-state index contributed by atoms with van der Waals surface area (Å²) in [5.74, 6) is 0.851. The number of hydrogen-bond donors (Lipinski definition) is 3. The Morgan fingerprint density at radius 3 is 2.83 bits per heavy atom. The summed E-state index contributed by atoms with van der Waals surface area (Å²) in [6.07, 6.45) is 5.12. The van der Waals surface area contributed by atoms with Crippen molar-refractivity contribution in [1.29, 1.82) is 0 Å². The summed E-state index contributed by atoms with van der Waals surface area (Å²) < 4.78 is 4.73. The first-order chi connectivity index (χ1) is 14.5. The number of aromatic nitrogens is 5. The second kappa shape index (κ2) is 8.44. The number of urea groups is 1. The van der Waals surface area contributed by atoms with Gasteiger partial charge < -0.3 is 15.6 Å². The Balaban J connectivity index is 1.34. The zero-order valence-electron chi connectivity index (χ0n) is 16.9. The van der Waals surface area contributed by atoms with Crippen LogP contribution < -0.4 is 22.0 Å². The number of hydrogen-bond acceptors (Lipinski definition) is 4. The number of amides is 2. The van der Waals surface area contributed by atoms with Crippen molar-refractivity contribution in [3.63, 3.8) is 0 Å². The van der Waals surface area contributed by atoms with Crippen LogP contribution in [0, 0.1) is 6.92 Å². The van der Waals surface area contributed by atoms with Gasteiger partial charge in [0.05, 0.1) is 11.4 Å². The van der Waals surface area contributed by atoms with Gasteiger partial charge in [-0.3, -0.25) is 9.13 Å². The van der Waals surface area contributed by atoms with Crippen molar-refractivity contribution >= 4 is 11.7 Å². The Bertz CT molecular complexity index is 1170. The molecule has 0 aliphatic carbocycles. The molecule has 3 aromatic rings. The first kappa shape index (κ1) is 19.7. The number of nitrogens with one attached hydrogen (secondary N) is 3. The summed E-state index contributed by atoms with van der Waals surface area (Å²) >= 11 is 0. The number of aryl methyl sites for hydroxylation is 3. The molecule has 10 heteroatoms. The van der Waals surface area contributed by atoms with Crippen molar-refractivity contribution < 1.29 is 4.79 Å². The molecule has 10 nitrogen and oxygen atoms in total. The van der Waals surface area contributed by atoms with Gasteiger partial charge in [-0.15, -0.1) is 0 Å². The number of carbonyl (C=O) groups excluding carboxylic acids is 1. The van der Waals surface area contributed by atoms with Crippen LogP contribution in [0.4, 0.5) is 10.5 Å². The van der Waals surface area contributed by atoms with E-state index in [1.165, 1.54) is 9.25 Å². The maximum absolute atomic E-state index is 12.3. The first-order valence-corrected chi connectivity index (χ1v) is 10.1. The van der Waals surface area contributed by atoms with Gasteiger partial charge in [0.15, 0.2) is 0 Å². The number of aromatic amines is 1. The van der Waals surface area contributed by atoms with Crippen LogP contribution in [-0.2, 0) is 19.5 Å². The summed E-state index contributed by atoms with van der Waals surface area (Å²) in [7, 11) is 0. The van der Waals surface area contributed by atoms with E-state index in [4.69, 9.17) is 0 Å². The lowest BCUT2D eigenvalue weighted by Crippen LogP contribution is -2.32. The number of nitrogens with zero attached hydrogens (tertiary/aromatic N) is 4. The summed E-state index contributed by atoms with van der Waals surface area (Å²) in [4.78, 5) is 39.4. The van der Waals surface area contributed by atoms with Gasteiger partial charge in [-0.2, -0.15) is 5.10 Å². The molecule has 0 spiro atoms. The molecule has 1 aliphatic heterocycles. The summed E-state index contributed by atoms with van der Waals surface area (Å²) in [6.45, 7) is 3.39. The number of anilines is 1. The van der Waals surface area contributed by atoms with E-state index in [9.17, 15) is 14.4 Å². The molecule has 158 valence electrons. The molecule has 4 rings (SSSR count). The van der Waals surface area contributed by atoms with Crippen LogP contribution in [0.5, 0.6) is 0 Å². The monoisotopic (exact) mass is 411 g/mol. The van der Waals surface area contributed by atoms with Crippen molar-refractivity contribution in [3.05, 3.63) is 62.9 Å². The van der Waals surface area contributed by atoms with E-state index in [1.54, 1.807) is 35.0 Å². The Hall–Kier alpha value is -3.56. The van der Waals surface area contributed by atoms with Gasteiger partial charge in [0, 0.05) is 37.9 Å². The average Bonchev–Trinajstić information content (AvgIpc) is 3.25. The molecule has 0 unspecified atom stereocenters. The van der Waals surface area contributed by atoms with Gasteiger partial charge in [-0.25, -0.2) is 19.1 Å². The normalized spacial score (nSPS) is 13.1. The van der Waals surface area contributed by atoms with E-state index < -0.39 is 0 Å². The molecule has 0 bridgehead atoms. The third-order valence-electron chi connectivity index (χ3n) is 5.22. The largest absolute Gasteiger partial charge is 0.345 e. The molecule has 0 radical (unpaired) electrons. The lowest BCUT2D eigenvalue weighted by molar-refractivity contribution is 0.251. The number of para-hydroxylation sites is 2. The molecular formula is C20H25N7O3. The van der Waals surface area contributed by atoms with Gasteiger partial charge in [0.1, 0.15) is 5.82 Å². The van der Waals surface area contributed by atoms with Crippen molar-refractivity contribution in [2.75, 3.05) is 11.9 Å². The fourth-order valence-electron chi connectivity index (χ4n) is 3.72. The standard InChI is InChI=1S/C20H25N7O3/c1-14-13-22-19(29)27(14)16-8-3-2-7-15(16)23-18(28)21-10-6-12-26-20(30)25-11-5-4-9-17(25)24-26/h2-3,7-8,13H,4-6,9-12H2,1H3,(H,22,29)(H2,21,23,28). The summed E-state index contributed by atoms with van der Waals surface area (Å²) in [6, 6.07) is 6.73. The van der Waals surface area contributed by atoms with Gasteiger partial charge in [-0.1, -0.05) is 12.1 Å². The molecule has 1 aromatic carbocycles. The Morgan fingerprint density at radius 2 is 2.07 bits per heavy atom. The van der Waals surface area contributed by atoms with Crippen LogP contribution in [0.15, 0.2) is 40.1 Å². The zero-order valence-corrected chi connectivity index (χ0v) is 16.9. The number of H-pyrrole nitrogens is 1. The van der Waals surface area contributed by atoms with E-state index in [1.807, 2.05) is 6.92 Å².